The Morgan fingerprint density at radius 2 is 2.30 bits per heavy atom. The van der Waals surface area contributed by atoms with E-state index in [1.807, 2.05) is 17.8 Å². The number of hydrogen-bond acceptors (Lipinski definition) is 6. The van der Waals surface area contributed by atoms with Crippen LogP contribution >= 0.6 is 11.3 Å². The monoisotopic (exact) mass is 327 g/mol. The van der Waals surface area contributed by atoms with Gasteiger partial charge in [0.15, 0.2) is 0 Å². The van der Waals surface area contributed by atoms with Crippen molar-refractivity contribution in [2.75, 3.05) is 31.6 Å². The molecule has 0 radical (unpaired) electrons. The van der Waals surface area contributed by atoms with Crippen LogP contribution in [0.5, 0.6) is 0 Å². The zero-order valence-electron chi connectivity index (χ0n) is 13.6. The summed E-state index contributed by atoms with van der Waals surface area (Å²) in [6.07, 6.45) is 3.01. The highest BCUT2D eigenvalue weighted by Gasteiger charge is 2.24. The number of thiazole rings is 1. The van der Waals surface area contributed by atoms with E-state index in [0.29, 0.717) is 11.6 Å². The maximum atomic E-state index is 8.82. The highest BCUT2D eigenvalue weighted by molar-refractivity contribution is 7.09. The van der Waals surface area contributed by atoms with Gasteiger partial charge in [0.1, 0.15) is 11.8 Å². The SMILES string of the molecule is Cc1ncsc1CN(C)CC1CCN(c2ccc(C#N)nc2)C1. The number of aryl methyl sites for hydroxylation is 1. The first-order valence-corrected chi connectivity index (χ1v) is 8.72. The Labute approximate surface area is 141 Å². The summed E-state index contributed by atoms with van der Waals surface area (Å²) in [6, 6.07) is 5.86. The van der Waals surface area contributed by atoms with Gasteiger partial charge in [-0.3, -0.25) is 0 Å². The standard InChI is InChI=1S/C17H21N5S/c1-13-17(23-12-20-13)11-21(2)9-14-5-6-22(10-14)16-4-3-15(7-18)19-8-16/h3-4,8,12,14H,5-6,9-11H2,1-2H3. The first-order valence-electron chi connectivity index (χ1n) is 7.84. The van der Waals surface area contributed by atoms with Crippen LogP contribution in [-0.2, 0) is 6.54 Å². The summed E-state index contributed by atoms with van der Waals surface area (Å²) >= 11 is 1.74. The summed E-state index contributed by atoms with van der Waals surface area (Å²) in [4.78, 5) is 14.6. The van der Waals surface area contributed by atoms with E-state index in [0.717, 1.165) is 37.6 Å². The third-order valence-corrected chi connectivity index (χ3v) is 5.26. The highest BCUT2D eigenvalue weighted by atomic mass is 32.1. The molecule has 1 aliphatic rings. The molecule has 2 aromatic heterocycles. The quantitative estimate of drug-likeness (QED) is 0.845. The van der Waals surface area contributed by atoms with Gasteiger partial charge in [-0.25, -0.2) is 9.97 Å². The van der Waals surface area contributed by atoms with Gasteiger partial charge < -0.3 is 9.80 Å². The second-order valence-electron chi connectivity index (χ2n) is 6.17. The lowest BCUT2D eigenvalue weighted by atomic mass is 10.1. The second kappa shape index (κ2) is 7.07. The zero-order valence-corrected chi connectivity index (χ0v) is 14.4. The molecule has 0 spiro atoms. The van der Waals surface area contributed by atoms with Crippen LogP contribution < -0.4 is 4.90 Å². The molecule has 0 bridgehead atoms. The summed E-state index contributed by atoms with van der Waals surface area (Å²) in [5, 5.41) is 8.82. The Morgan fingerprint density at radius 1 is 1.43 bits per heavy atom. The molecule has 3 rings (SSSR count). The minimum absolute atomic E-state index is 0.476. The van der Waals surface area contributed by atoms with Gasteiger partial charge >= 0.3 is 0 Å². The summed E-state index contributed by atoms with van der Waals surface area (Å²) in [7, 11) is 2.19. The van der Waals surface area contributed by atoms with Crippen LogP contribution in [0.4, 0.5) is 5.69 Å². The average Bonchev–Trinajstić information content (AvgIpc) is 3.17. The van der Waals surface area contributed by atoms with Gasteiger partial charge in [-0.15, -0.1) is 11.3 Å². The first-order chi connectivity index (χ1) is 11.2. The van der Waals surface area contributed by atoms with Crippen molar-refractivity contribution in [1.29, 1.82) is 5.26 Å². The molecule has 0 aliphatic carbocycles. The zero-order chi connectivity index (χ0) is 16.2. The molecule has 23 heavy (non-hydrogen) atoms. The van der Waals surface area contributed by atoms with Gasteiger partial charge in [0.25, 0.3) is 0 Å². The predicted molar refractivity (Wildman–Crippen MR) is 92.5 cm³/mol. The Morgan fingerprint density at radius 3 is 2.96 bits per heavy atom. The summed E-state index contributed by atoms with van der Waals surface area (Å²) in [5.74, 6) is 0.670. The first kappa shape index (κ1) is 15.9. The van der Waals surface area contributed by atoms with Gasteiger partial charge in [-0.1, -0.05) is 0 Å². The van der Waals surface area contributed by atoms with Crippen molar-refractivity contribution in [2.24, 2.45) is 5.92 Å². The summed E-state index contributed by atoms with van der Waals surface area (Å²) < 4.78 is 0. The number of hydrogen-bond donors (Lipinski definition) is 0. The lowest BCUT2D eigenvalue weighted by Gasteiger charge is -2.22. The molecule has 1 saturated heterocycles. The summed E-state index contributed by atoms with van der Waals surface area (Å²) in [6.45, 7) is 6.27. The van der Waals surface area contributed by atoms with Gasteiger partial charge in [0, 0.05) is 31.1 Å². The van der Waals surface area contributed by atoms with Crippen molar-refractivity contribution in [3.63, 3.8) is 0 Å². The molecule has 1 atom stereocenters. The number of aromatic nitrogens is 2. The molecule has 6 heteroatoms. The second-order valence-corrected chi connectivity index (χ2v) is 7.11. The van der Waals surface area contributed by atoms with Crippen LogP contribution in [0.1, 0.15) is 22.7 Å². The Bertz CT molecular complexity index is 688. The van der Waals surface area contributed by atoms with E-state index in [1.54, 1.807) is 17.4 Å². The van der Waals surface area contributed by atoms with Gasteiger partial charge in [-0.2, -0.15) is 5.26 Å². The molecule has 0 N–H and O–H groups in total. The lowest BCUT2D eigenvalue weighted by molar-refractivity contribution is 0.281. The fourth-order valence-electron chi connectivity index (χ4n) is 3.08. The number of nitrogens with zero attached hydrogens (tertiary/aromatic N) is 5. The van der Waals surface area contributed by atoms with Crippen molar-refractivity contribution < 1.29 is 0 Å². The van der Waals surface area contributed by atoms with E-state index in [1.165, 1.54) is 11.3 Å². The maximum Gasteiger partial charge on any atom is 0.140 e. The van der Waals surface area contributed by atoms with Crippen LogP contribution in [0.25, 0.3) is 0 Å². The molecule has 0 aromatic carbocycles. The Balaban J connectivity index is 1.53. The minimum Gasteiger partial charge on any atom is -0.370 e. The number of rotatable bonds is 5. The molecule has 1 aliphatic heterocycles. The third-order valence-electron chi connectivity index (χ3n) is 4.34. The van der Waals surface area contributed by atoms with E-state index in [9.17, 15) is 0 Å². The molecule has 3 heterocycles. The Kier molecular flexibility index (Phi) is 4.89. The average molecular weight is 327 g/mol. The van der Waals surface area contributed by atoms with E-state index >= 15 is 0 Å². The maximum absolute atomic E-state index is 8.82. The lowest BCUT2D eigenvalue weighted by Crippen LogP contribution is -2.28. The van der Waals surface area contributed by atoms with Crippen LogP contribution in [0.2, 0.25) is 0 Å². The number of nitriles is 1. The Hall–Kier alpha value is -1.97. The molecule has 5 nitrogen and oxygen atoms in total. The van der Waals surface area contributed by atoms with Gasteiger partial charge in [-0.05, 0) is 38.4 Å². The molecule has 0 saturated carbocycles. The van der Waals surface area contributed by atoms with Crippen molar-refractivity contribution in [1.82, 2.24) is 14.9 Å². The third kappa shape index (κ3) is 3.87. The van der Waals surface area contributed by atoms with Crippen molar-refractivity contribution in [2.45, 2.75) is 19.9 Å². The number of anilines is 1. The molecule has 2 aromatic rings. The van der Waals surface area contributed by atoms with E-state index < -0.39 is 0 Å². The molecule has 0 amide bonds. The molecule has 1 unspecified atom stereocenters. The van der Waals surface area contributed by atoms with E-state index in [4.69, 9.17) is 5.26 Å². The van der Waals surface area contributed by atoms with Crippen LogP contribution in [0, 0.1) is 24.2 Å². The van der Waals surface area contributed by atoms with Gasteiger partial charge in [0.2, 0.25) is 0 Å². The van der Waals surface area contributed by atoms with Crippen molar-refractivity contribution in [3.8, 4) is 6.07 Å². The smallest absolute Gasteiger partial charge is 0.140 e. The molecule has 1 fully saturated rings. The van der Waals surface area contributed by atoms with E-state index in [2.05, 4.69) is 39.8 Å². The topological polar surface area (TPSA) is 56.1 Å². The number of pyridine rings is 1. The fourth-order valence-corrected chi connectivity index (χ4v) is 3.94. The van der Waals surface area contributed by atoms with Crippen LogP contribution in [0.15, 0.2) is 23.8 Å². The minimum atomic E-state index is 0.476. The van der Waals surface area contributed by atoms with Crippen LogP contribution in [0.3, 0.4) is 0 Å². The largest absolute Gasteiger partial charge is 0.370 e. The highest BCUT2D eigenvalue weighted by Crippen LogP contribution is 2.24. The van der Waals surface area contributed by atoms with Gasteiger partial charge in [0.05, 0.1) is 23.1 Å². The summed E-state index contributed by atoms with van der Waals surface area (Å²) in [5.41, 5.74) is 4.67. The normalized spacial score (nSPS) is 17.7. The predicted octanol–water partition coefficient (Wildman–Crippen LogP) is 2.68. The molecular formula is C17H21N5S. The van der Waals surface area contributed by atoms with E-state index in [-0.39, 0.29) is 0 Å². The molecular weight excluding hydrogens is 306 g/mol. The van der Waals surface area contributed by atoms with Crippen molar-refractivity contribution in [3.05, 3.63) is 40.1 Å². The molecule has 120 valence electrons. The van der Waals surface area contributed by atoms with Crippen LogP contribution in [-0.4, -0.2) is 41.5 Å². The van der Waals surface area contributed by atoms with Crippen molar-refractivity contribution >= 4 is 17.0 Å². The fraction of sp³-hybridized carbons (Fsp3) is 0.471.